The second-order valence-corrected chi connectivity index (χ2v) is 11.8. The SMILES string of the molecule is CCCCNC(=O)Nc1ccc(-c2ccc(O)c3c2CC2CC4C(N(C)C)C(=O)C(C(N)=O)=C(O)C4(O)C(=O)C2=C3O)cc1. The van der Waals surface area contributed by atoms with Crippen LogP contribution >= 0.6 is 0 Å². The first-order chi connectivity index (χ1) is 20.8. The van der Waals surface area contributed by atoms with Crippen LogP contribution in [-0.4, -0.2) is 81.1 Å². The lowest BCUT2D eigenvalue weighted by Gasteiger charge is -2.50. The second kappa shape index (κ2) is 11.4. The summed E-state index contributed by atoms with van der Waals surface area (Å²) in [6, 6.07) is 8.61. The van der Waals surface area contributed by atoms with E-state index in [1.165, 1.54) is 11.0 Å². The molecular weight excluding hydrogens is 568 g/mol. The summed E-state index contributed by atoms with van der Waals surface area (Å²) in [7, 11) is 3.11. The molecule has 0 spiro atoms. The number of anilines is 1. The van der Waals surface area contributed by atoms with E-state index in [1.807, 2.05) is 6.92 Å². The van der Waals surface area contributed by atoms with Crippen molar-refractivity contribution in [2.45, 2.75) is 44.2 Å². The zero-order chi connectivity index (χ0) is 32.1. The lowest BCUT2D eigenvalue weighted by atomic mass is 9.57. The number of rotatable bonds is 7. The number of amides is 3. The molecule has 12 heteroatoms. The Hall–Kier alpha value is -4.68. The molecule has 1 saturated carbocycles. The molecule has 2 aromatic carbocycles. The van der Waals surface area contributed by atoms with Gasteiger partial charge in [-0.3, -0.25) is 19.3 Å². The quantitative estimate of drug-likeness (QED) is 0.183. The first-order valence-corrected chi connectivity index (χ1v) is 14.5. The summed E-state index contributed by atoms with van der Waals surface area (Å²) in [6.45, 7) is 2.59. The first-order valence-electron chi connectivity index (χ1n) is 14.5. The summed E-state index contributed by atoms with van der Waals surface area (Å²) in [4.78, 5) is 53.0. The number of phenolic OH excluding ortho intramolecular Hbond substituents is 1. The Labute approximate surface area is 253 Å². The minimum atomic E-state index is -2.69. The molecule has 0 saturated heterocycles. The van der Waals surface area contributed by atoms with Crippen molar-refractivity contribution in [2.75, 3.05) is 26.0 Å². The predicted molar refractivity (Wildman–Crippen MR) is 162 cm³/mol. The molecule has 3 aliphatic rings. The number of ketones is 2. The van der Waals surface area contributed by atoms with Crippen molar-refractivity contribution in [1.82, 2.24) is 10.2 Å². The molecule has 0 heterocycles. The third-order valence-electron chi connectivity index (χ3n) is 8.87. The monoisotopic (exact) mass is 604 g/mol. The highest BCUT2D eigenvalue weighted by Gasteiger charge is 2.64. The van der Waals surface area contributed by atoms with Crippen LogP contribution in [0.5, 0.6) is 5.75 Å². The Morgan fingerprint density at radius 2 is 1.75 bits per heavy atom. The molecule has 0 aliphatic heterocycles. The number of hydrogen-bond acceptors (Lipinski definition) is 9. The smallest absolute Gasteiger partial charge is 0.319 e. The van der Waals surface area contributed by atoms with Crippen LogP contribution in [0.15, 0.2) is 53.3 Å². The minimum absolute atomic E-state index is 0.00312. The third kappa shape index (κ3) is 4.80. The van der Waals surface area contributed by atoms with Crippen molar-refractivity contribution >= 4 is 35.0 Å². The van der Waals surface area contributed by atoms with Crippen LogP contribution in [0.1, 0.15) is 37.3 Å². The standard InChI is InChI=1S/C32H36N4O8/c1-4-5-12-34-31(43)35-17-8-6-15(7-9-17)18-10-11-21(37)23-19(18)13-16-14-20-25(36(2)3)27(39)24(30(33)42)29(41)32(20,44)28(40)22(16)26(23)38/h6-11,16,20,25,37-38,41,44H,4-5,12-14H2,1-3H3,(H2,33,42)(H2,34,35,43). The van der Waals surface area contributed by atoms with Crippen LogP contribution in [-0.2, 0) is 20.8 Å². The summed E-state index contributed by atoms with van der Waals surface area (Å²) < 4.78 is 0. The molecule has 0 bridgehead atoms. The zero-order valence-corrected chi connectivity index (χ0v) is 24.7. The molecule has 3 amide bonds. The normalized spacial score (nSPS) is 24.5. The van der Waals surface area contributed by atoms with E-state index < -0.39 is 58.0 Å². The summed E-state index contributed by atoms with van der Waals surface area (Å²) in [5.41, 5.74) is 4.13. The minimum Gasteiger partial charge on any atom is -0.508 e. The van der Waals surface area contributed by atoms with E-state index in [4.69, 9.17) is 5.73 Å². The van der Waals surface area contributed by atoms with Crippen LogP contribution in [0.25, 0.3) is 16.9 Å². The molecule has 44 heavy (non-hydrogen) atoms. The number of nitrogens with zero attached hydrogens (tertiary/aromatic N) is 1. The Bertz CT molecular complexity index is 1630. The van der Waals surface area contributed by atoms with E-state index in [0.29, 0.717) is 23.4 Å². The van der Waals surface area contributed by atoms with E-state index in [-0.39, 0.29) is 35.8 Å². The number of likely N-dealkylation sites (N-methyl/N-ethyl adjacent to an activating group) is 1. The average Bonchev–Trinajstić information content (AvgIpc) is 2.95. The molecule has 3 aliphatic carbocycles. The maximum Gasteiger partial charge on any atom is 0.319 e. The fourth-order valence-electron chi connectivity index (χ4n) is 6.80. The topological polar surface area (TPSA) is 203 Å². The van der Waals surface area contributed by atoms with Gasteiger partial charge in [0.05, 0.1) is 11.6 Å². The largest absolute Gasteiger partial charge is 0.508 e. The molecule has 232 valence electrons. The van der Waals surface area contributed by atoms with Gasteiger partial charge in [-0.05, 0) is 74.2 Å². The van der Waals surface area contributed by atoms with E-state index in [0.717, 1.165) is 18.4 Å². The van der Waals surface area contributed by atoms with Gasteiger partial charge < -0.3 is 36.8 Å². The number of carbonyl (C=O) groups is 4. The number of urea groups is 1. The van der Waals surface area contributed by atoms with Gasteiger partial charge in [0, 0.05) is 23.7 Å². The van der Waals surface area contributed by atoms with Gasteiger partial charge in [-0.2, -0.15) is 0 Å². The van der Waals surface area contributed by atoms with E-state index >= 15 is 0 Å². The van der Waals surface area contributed by atoms with Gasteiger partial charge in [0.1, 0.15) is 22.8 Å². The summed E-state index contributed by atoms with van der Waals surface area (Å²) in [5, 5.41) is 50.6. The van der Waals surface area contributed by atoms with Crippen LogP contribution in [0.3, 0.4) is 0 Å². The number of nitrogens with one attached hydrogen (secondary N) is 2. The second-order valence-electron chi connectivity index (χ2n) is 11.8. The number of phenols is 1. The summed E-state index contributed by atoms with van der Waals surface area (Å²) in [5.74, 6) is -6.96. The molecule has 1 fully saturated rings. The van der Waals surface area contributed by atoms with E-state index in [9.17, 15) is 39.6 Å². The number of benzene rings is 2. The molecule has 0 radical (unpaired) electrons. The number of primary amides is 1. The number of unbranched alkanes of at least 4 members (excludes halogenated alkanes) is 1. The van der Waals surface area contributed by atoms with Crippen LogP contribution in [0.4, 0.5) is 10.5 Å². The first kappa shape index (κ1) is 30.8. The number of fused-ring (bicyclic) bond motifs is 3. The van der Waals surface area contributed by atoms with Crippen LogP contribution < -0.4 is 16.4 Å². The van der Waals surface area contributed by atoms with Gasteiger partial charge in [0.25, 0.3) is 5.91 Å². The predicted octanol–water partition coefficient (Wildman–Crippen LogP) is 2.55. The maximum atomic E-state index is 14.0. The fourth-order valence-corrected chi connectivity index (χ4v) is 6.80. The number of aromatic hydroxyl groups is 1. The van der Waals surface area contributed by atoms with E-state index in [2.05, 4.69) is 10.6 Å². The Balaban J connectivity index is 1.56. The molecule has 8 N–H and O–H groups in total. The number of nitrogens with two attached hydrogens (primary N) is 1. The summed E-state index contributed by atoms with van der Waals surface area (Å²) >= 11 is 0. The molecule has 0 aromatic heterocycles. The number of aliphatic hydroxyl groups is 3. The molecule has 5 rings (SSSR count). The fraction of sp³-hybridized carbons (Fsp3) is 0.375. The summed E-state index contributed by atoms with van der Waals surface area (Å²) in [6.07, 6.45) is 1.99. The van der Waals surface area contributed by atoms with E-state index in [1.54, 1.807) is 44.4 Å². The Morgan fingerprint density at radius 1 is 1.07 bits per heavy atom. The Morgan fingerprint density at radius 3 is 2.36 bits per heavy atom. The van der Waals surface area contributed by atoms with Crippen LogP contribution in [0.2, 0.25) is 0 Å². The van der Waals surface area contributed by atoms with Crippen LogP contribution in [0, 0.1) is 11.8 Å². The van der Waals surface area contributed by atoms with Gasteiger partial charge in [-0.1, -0.05) is 31.5 Å². The number of aliphatic hydroxyl groups excluding tert-OH is 2. The van der Waals surface area contributed by atoms with Crippen molar-refractivity contribution in [1.29, 1.82) is 0 Å². The molecule has 2 aromatic rings. The van der Waals surface area contributed by atoms with Crippen molar-refractivity contribution in [3.63, 3.8) is 0 Å². The van der Waals surface area contributed by atoms with Gasteiger partial charge >= 0.3 is 6.03 Å². The van der Waals surface area contributed by atoms with Gasteiger partial charge in [-0.25, -0.2) is 4.79 Å². The number of Topliss-reactive ketones (excluding diaryl/α,β-unsaturated/α-hetero) is 2. The third-order valence-corrected chi connectivity index (χ3v) is 8.87. The lowest BCUT2D eigenvalue weighted by Crippen LogP contribution is -2.65. The van der Waals surface area contributed by atoms with Crippen molar-refractivity contribution in [3.05, 3.63) is 64.4 Å². The lowest BCUT2D eigenvalue weighted by molar-refractivity contribution is -0.153. The van der Waals surface area contributed by atoms with Gasteiger partial charge in [-0.15, -0.1) is 0 Å². The average molecular weight is 605 g/mol. The highest BCUT2D eigenvalue weighted by Crippen LogP contribution is 2.53. The highest BCUT2D eigenvalue weighted by atomic mass is 16.3. The maximum absolute atomic E-state index is 14.0. The van der Waals surface area contributed by atoms with Crippen molar-refractivity contribution < 1.29 is 39.6 Å². The van der Waals surface area contributed by atoms with Crippen molar-refractivity contribution in [3.8, 4) is 16.9 Å². The molecule has 4 unspecified atom stereocenters. The van der Waals surface area contributed by atoms with Crippen molar-refractivity contribution in [2.24, 2.45) is 17.6 Å². The number of carbonyl (C=O) groups excluding carboxylic acids is 4. The molecule has 12 nitrogen and oxygen atoms in total. The zero-order valence-electron chi connectivity index (χ0n) is 24.7. The number of hydrogen-bond donors (Lipinski definition) is 7. The van der Waals surface area contributed by atoms with Gasteiger partial charge in [0.15, 0.2) is 11.4 Å². The molecular formula is C32H36N4O8. The Kier molecular flexibility index (Phi) is 8.00. The molecule has 4 atom stereocenters. The highest BCUT2D eigenvalue weighted by molar-refractivity contribution is 6.24. The van der Waals surface area contributed by atoms with Gasteiger partial charge in [0.2, 0.25) is 5.78 Å².